The number of nitrogens with one attached hydrogen (secondary N) is 1. The number of aryl methyl sites for hydroxylation is 3. The Morgan fingerprint density at radius 3 is 2.42 bits per heavy atom. The van der Waals surface area contributed by atoms with Gasteiger partial charge in [-0.05, 0) is 74.6 Å². The molecule has 0 bridgehead atoms. The van der Waals surface area contributed by atoms with E-state index in [1.807, 2.05) is 65.0 Å². The maximum absolute atomic E-state index is 12.4. The van der Waals surface area contributed by atoms with E-state index in [4.69, 9.17) is 9.47 Å². The molecule has 1 unspecified atom stereocenters. The first-order valence-electron chi connectivity index (χ1n) is 9.12. The monoisotopic (exact) mass is 355 g/mol. The lowest BCUT2D eigenvalue weighted by Crippen LogP contribution is -2.39. The topological polar surface area (TPSA) is 47.6 Å². The van der Waals surface area contributed by atoms with E-state index in [1.165, 1.54) is 0 Å². The third kappa shape index (κ3) is 5.51. The fourth-order valence-electron chi connectivity index (χ4n) is 2.80. The molecule has 2 aromatic rings. The third-order valence-corrected chi connectivity index (χ3v) is 4.35. The summed E-state index contributed by atoms with van der Waals surface area (Å²) >= 11 is 0. The summed E-state index contributed by atoms with van der Waals surface area (Å²) in [6, 6.07) is 12.0. The summed E-state index contributed by atoms with van der Waals surface area (Å²) in [5.74, 6) is 1.48. The van der Waals surface area contributed by atoms with E-state index in [1.54, 1.807) is 0 Å². The van der Waals surface area contributed by atoms with Gasteiger partial charge < -0.3 is 14.8 Å². The molecule has 0 aliphatic rings. The smallest absolute Gasteiger partial charge is 0.261 e. The molecule has 0 aliphatic carbocycles. The highest BCUT2D eigenvalue weighted by atomic mass is 16.5. The molecule has 4 heteroatoms. The van der Waals surface area contributed by atoms with Gasteiger partial charge in [0.1, 0.15) is 18.1 Å². The van der Waals surface area contributed by atoms with Crippen LogP contribution in [0.4, 0.5) is 0 Å². The Kier molecular flexibility index (Phi) is 7.07. The number of ether oxygens (including phenoxy) is 2. The Hall–Kier alpha value is -2.49. The zero-order chi connectivity index (χ0) is 19.1. The van der Waals surface area contributed by atoms with Crippen molar-refractivity contribution in [3.8, 4) is 11.5 Å². The van der Waals surface area contributed by atoms with Crippen molar-refractivity contribution in [1.29, 1.82) is 0 Å². The van der Waals surface area contributed by atoms with Gasteiger partial charge >= 0.3 is 0 Å². The van der Waals surface area contributed by atoms with E-state index in [0.717, 1.165) is 33.8 Å². The maximum atomic E-state index is 12.4. The number of hydrogen-bond acceptors (Lipinski definition) is 3. The van der Waals surface area contributed by atoms with Gasteiger partial charge in [-0.2, -0.15) is 0 Å². The van der Waals surface area contributed by atoms with Gasteiger partial charge in [-0.25, -0.2) is 0 Å². The van der Waals surface area contributed by atoms with Crippen LogP contribution in [-0.4, -0.2) is 25.2 Å². The highest BCUT2D eigenvalue weighted by Gasteiger charge is 2.19. The van der Waals surface area contributed by atoms with Crippen molar-refractivity contribution in [3.63, 3.8) is 0 Å². The van der Waals surface area contributed by atoms with Crippen molar-refractivity contribution >= 4 is 5.91 Å². The second-order valence-corrected chi connectivity index (χ2v) is 6.68. The molecule has 140 valence electrons. The van der Waals surface area contributed by atoms with Gasteiger partial charge in [-0.15, -0.1) is 0 Å². The molecular formula is C22H29NO3. The number of rotatable bonds is 8. The number of hydrogen-bond donors (Lipinski definition) is 1. The van der Waals surface area contributed by atoms with E-state index in [0.29, 0.717) is 19.6 Å². The van der Waals surface area contributed by atoms with Crippen LogP contribution in [0.15, 0.2) is 36.4 Å². The van der Waals surface area contributed by atoms with Gasteiger partial charge in [0.15, 0.2) is 6.10 Å². The number of carbonyl (C=O) groups is 1. The molecule has 26 heavy (non-hydrogen) atoms. The molecule has 2 rings (SSSR count). The average Bonchev–Trinajstić information content (AvgIpc) is 2.59. The molecule has 0 heterocycles. The summed E-state index contributed by atoms with van der Waals surface area (Å²) in [4.78, 5) is 12.4. The highest BCUT2D eigenvalue weighted by Crippen LogP contribution is 2.22. The molecule has 4 nitrogen and oxygen atoms in total. The summed E-state index contributed by atoms with van der Waals surface area (Å²) in [6.45, 7) is 10.9. The van der Waals surface area contributed by atoms with Crippen LogP contribution in [0.5, 0.6) is 11.5 Å². The van der Waals surface area contributed by atoms with Crippen LogP contribution in [0.1, 0.15) is 35.6 Å². The number of amides is 1. The minimum atomic E-state index is -0.503. The molecule has 2 aromatic carbocycles. The Labute approximate surface area is 156 Å². The van der Waals surface area contributed by atoms with Crippen LogP contribution >= 0.6 is 0 Å². The van der Waals surface area contributed by atoms with Gasteiger partial charge in [-0.3, -0.25) is 4.79 Å². The predicted octanol–water partition coefficient (Wildman–Crippen LogP) is 4.27. The zero-order valence-electron chi connectivity index (χ0n) is 16.4. The fourth-order valence-corrected chi connectivity index (χ4v) is 2.80. The quantitative estimate of drug-likeness (QED) is 0.719. The van der Waals surface area contributed by atoms with Crippen LogP contribution in [0.2, 0.25) is 0 Å². The van der Waals surface area contributed by atoms with Crippen molar-refractivity contribution in [3.05, 3.63) is 58.7 Å². The van der Waals surface area contributed by atoms with Crippen molar-refractivity contribution in [1.82, 2.24) is 5.32 Å². The number of carbonyl (C=O) groups excluding carboxylic acids is 1. The first kappa shape index (κ1) is 19.8. The molecular weight excluding hydrogens is 326 g/mol. The van der Waals surface area contributed by atoms with Gasteiger partial charge in [0.25, 0.3) is 5.91 Å². The lowest BCUT2D eigenvalue weighted by molar-refractivity contribution is -0.128. The molecule has 1 N–H and O–H groups in total. The lowest BCUT2D eigenvalue weighted by atomic mass is 10.1. The molecule has 0 aliphatic heterocycles. The van der Waals surface area contributed by atoms with Crippen LogP contribution in [-0.2, 0) is 4.79 Å². The first-order valence-corrected chi connectivity index (χ1v) is 9.12. The summed E-state index contributed by atoms with van der Waals surface area (Å²) in [5.41, 5.74) is 4.55. The standard InChI is InChI=1S/C22H29NO3/c1-6-20(26-21-9-7-8-17(4)18(21)5)22(24)23-10-11-25-19-13-15(2)12-16(3)14-19/h7-9,12-14,20H,6,10-11H2,1-5H3,(H,23,24). The van der Waals surface area contributed by atoms with E-state index < -0.39 is 6.10 Å². The summed E-state index contributed by atoms with van der Waals surface area (Å²) in [7, 11) is 0. The third-order valence-electron chi connectivity index (χ3n) is 4.35. The lowest BCUT2D eigenvalue weighted by Gasteiger charge is -2.19. The Balaban J connectivity index is 1.84. The molecule has 0 aromatic heterocycles. The van der Waals surface area contributed by atoms with Crippen LogP contribution in [0.25, 0.3) is 0 Å². The van der Waals surface area contributed by atoms with E-state index in [2.05, 4.69) is 11.4 Å². The summed E-state index contributed by atoms with van der Waals surface area (Å²) in [5, 5.41) is 2.90. The molecule has 0 radical (unpaired) electrons. The summed E-state index contributed by atoms with van der Waals surface area (Å²) < 4.78 is 11.7. The Bertz CT molecular complexity index is 735. The summed E-state index contributed by atoms with van der Waals surface area (Å²) in [6.07, 6.45) is 0.105. The maximum Gasteiger partial charge on any atom is 0.261 e. The molecule has 0 spiro atoms. The van der Waals surface area contributed by atoms with E-state index in [9.17, 15) is 4.79 Å². The highest BCUT2D eigenvalue weighted by molar-refractivity contribution is 5.81. The molecule has 1 atom stereocenters. The first-order chi connectivity index (χ1) is 12.4. The second-order valence-electron chi connectivity index (χ2n) is 6.68. The van der Waals surface area contributed by atoms with Crippen molar-refractivity contribution in [2.75, 3.05) is 13.2 Å². The molecule has 0 fully saturated rings. The minimum Gasteiger partial charge on any atom is -0.492 e. The van der Waals surface area contributed by atoms with E-state index >= 15 is 0 Å². The minimum absolute atomic E-state index is 0.113. The largest absolute Gasteiger partial charge is 0.492 e. The van der Waals surface area contributed by atoms with Gasteiger partial charge in [-0.1, -0.05) is 25.1 Å². The molecule has 0 saturated heterocycles. The van der Waals surface area contributed by atoms with Crippen molar-refractivity contribution in [2.45, 2.75) is 47.1 Å². The van der Waals surface area contributed by atoms with Crippen LogP contribution in [0, 0.1) is 27.7 Å². The fraction of sp³-hybridized carbons (Fsp3) is 0.409. The average molecular weight is 355 g/mol. The van der Waals surface area contributed by atoms with Gasteiger partial charge in [0, 0.05) is 0 Å². The molecule has 0 saturated carbocycles. The number of benzene rings is 2. The van der Waals surface area contributed by atoms with Crippen LogP contribution < -0.4 is 14.8 Å². The van der Waals surface area contributed by atoms with Crippen molar-refractivity contribution in [2.24, 2.45) is 0 Å². The normalized spacial score (nSPS) is 11.7. The Morgan fingerprint density at radius 2 is 1.77 bits per heavy atom. The van der Waals surface area contributed by atoms with Gasteiger partial charge in [0.05, 0.1) is 6.54 Å². The van der Waals surface area contributed by atoms with E-state index in [-0.39, 0.29) is 5.91 Å². The second kappa shape index (κ2) is 9.27. The molecule has 1 amide bonds. The predicted molar refractivity (Wildman–Crippen MR) is 105 cm³/mol. The van der Waals surface area contributed by atoms with Crippen molar-refractivity contribution < 1.29 is 14.3 Å². The Morgan fingerprint density at radius 1 is 1.08 bits per heavy atom. The van der Waals surface area contributed by atoms with Gasteiger partial charge in [0.2, 0.25) is 0 Å². The van der Waals surface area contributed by atoms with Crippen LogP contribution in [0.3, 0.4) is 0 Å². The SMILES string of the molecule is CCC(Oc1cccc(C)c1C)C(=O)NCCOc1cc(C)cc(C)c1. The zero-order valence-corrected chi connectivity index (χ0v) is 16.4.